The van der Waals surface area contributed by atoms with Crippen LogP contribution in [0.3, 0.4) is 0 Å². The summed E-state index contributed by atoms with van der Waals surface area (Å²) >= 11 is 1.49. The van der Waals surface area contributed by atoms with Gasteiger partial charge in [-0.3, -0.25) is 4.79 Å². The van der Waals surface area contributed by atoms with Gasteiger partial charge in [0, 0.05) is 12.6 Å². The first kappa shape index (κ1) is 11.6. The Morgan fingerprint density at radius 3 is 3.17 bits per heavy atom. The van der Waals surface area contributed by atoms with Gasteiger partial charge in [-0.2, -0.15) is 9.61 Å². The average Bonchev–Trinajstić information content (AvgIpc) is 2.83. The van der Waals surface area contributed by atoms with Crippen molar-refractivity contribution in [1.82, 2.24) is 19.9 Å². The number of aromatic nitrogens is 3. The van der Waals surface area contributed by atoms with Crippen LogP contribution in [0.15, 0.2) is 16.9 Å². The second-order valence-electron chi connectivity index (χ2n) is 4.21. The molecule has 1 aliphatic rings. The van der Waals surface area contributed by atoms with Crippen molar-refractivity contribution < 1.29 is 0 Å². The molecule has 5 nitrogen and oxygen atoms in total. The standard InChI is InChI=1S/C12H14N4OS/c1-2-10-15-16-11(17)7-9(14-12(16)18-10)8-3-5-13-6-4-8/h3,7,13H,2,4-6H2,1H3. The van der Waals surface area contributed by atoms with E-state index in [2.05, 4.69) is 21.5 Å². The van der Waals surface area contributed by atoms with E-state index in [-0.39, 0.29) is 5.56 Å². The third kappa shape index (κ3) is 1.97. The molecule has 2 aromatic rings. The third-order valence-corrected chi connectivity index (χ3v) is 4.03. The van der Waals surface area contributed by atoms with Crippen molar-refractivity contribution in [2.75, 3.05) is 13.1 Å². The minimum atomic E-state index is -0.0922. The van der Waals surface area contributed by atoms with Crippen molar-refractivity contribution in [3.8, 4) is 0 Å². The van der Waals surface area contributed by atoms with Gasteiger partial charge in [-0.25, -0.2) is 4.98 Å². The Morgan fingerprint density at radius 2 is 2.44 bits per heavy atom. The normalized spacial score (nSPS) is 15.9. The summed E-state index contributed by atoms with van der Waals surface area (Å²) < 4.78 is 1.40. The van der Waals surface area contributed by atoms with Crippen molar-refractivity contribution in [1.29, 1.82) is 0 Å². The number of fused-ring (bicyclic) bond motifs is 1. The zero-order chi connectivity index (χ0) is 12.5. The molecule has 0 radical (unpaired) electrons. The van der Waals surface area contributed by atoms with Gasteiger partial charge in [-0.1, -0.05) is 24.3 Å². The largest absolute Gasteiger partial charge is 0.313 e. The Balaban J connectivity index is 2.14. The zero-order valence-electron chi connectivity index (χ0n) is 10.1. The van der Waals surface area contributed by atoms with Gasteiger partial charge in [0.15, 0.2) is 0 Å². The number of nitrogens with zero attached hydrogens (tertiary/aromatic N) is 3. The molecule has 0 unspecified atom stereocenters. The Hall–Kier alpha value is -1.53. The van der Waals surface area contributed by atoms with E-state index in [1.807, 2.05) is 6.92 Å². The first-order chi connectivity index (χ1) is 8.78. The Kier molecular flexibility index (Phi) is 2.97. The molecule has 0 aromatic carbocycles. The van der Waals surface area contributed by atoms with Gasteiger partial charge < -0.3 is 5.32 Å². The SMILES string of the molecule is CCc1nn2c(=O)cc(C3=CCNCC3)nc2s1. The maximum absolute atomic E-state index is 12.0. The molecule has 94 valence electrons. The Bertz CT molecular complexity index is 670. The summed E-state index contributed by atoms with van der Waals surface area (Å²) in [7, 11) is 0. The number of hydrogen-bond acceptors (Lipinski definition) is 5. The highest BCUT2D eigenvalue weighted by Gasteiger charge is 2.12. The van der Waals surface area contributed by atoms with E-state index in [0.29, 0.717) is 4.96 Å². The molecular formula is C12H14N4OS. The highest BCUT2D eigenvalue weighted by Crippen LogP contribution is 2.19. The van der Waals surface area contributed by atoms with Gasteiger partial charge in [0.1, 0.15) is 5.01 Å². The van der Waals surface area contributed by atoms with E-state index in [4.69, 9.17) is 0 Å². The second kappa shape index (κ2) is 4.62. The van der Waals surface area contributed by atoms with Crippen molar-refractivity contribution in [2.24, 2.45) is 0 Å². The monoisotopic (exact) mass is 262 g/mol. The molecule has 1 N–H and O–H groups in total. The maximum atomic E-state index is 12.0. The Labute approximate surface area is 108 Å². The first-order valence-corrected chi connectivity index (χ1v) is 6.89. The molecule has 0 fully saturated rings. The molecule has 3 rings (SSSR count). The lowest BCUT2D eigenvalue weighted by atomic mass is 10.1. The van der Waals surface area contributed by atoms with Crippen LogP contribution in [-0.2, 0) is 6.42 Å². The number of hydrogen-bond donors (Lipinski definition) is 1. The van der Waals surface area contributed by atoms with E-state index in [9.17, 15) is 4.79 Å². The fourth-order valence-corrected chi connectivity index (χ4v) is 2.85. The molecule has 0 atom stereocenters. The van der Waals surface area contributed by atoms with E-state index in [0.717, 1.165) is 42.2 Å². The summed E-state index contributed by atoms with van der Waals surface area (Å²) in [6, 6.07) is 1.59. The topological polar surface area (TPSA) is 59.3 Å². The van der Waals surface area contributed by atoms with Crippen LogP contribution in [0.5, 0.6) is 0 Å². The molecule has 0 spiro atoms. The lowest BCUT2D eigenvalue weighted by Crippen LogP contribution is -2.21. The highest BCUT2D eigenvalue weighted by atomic mass is 32.1. The summed E-state index contributed by atoms with van der Waals surface area (Å²) in [6.45, 7) is 3.81. The van der Waals surface area contributed by atoms with Gasteiger partial charge in [0.05, 0.1) is 5.69 Å². The molecule has 0 amide bonds. The quantitative estimate of drug-likeness (QED) is 0.880. The molecule has 1 aliphatic heterocycles. The van der Waals surface area contributed by atoms with E-state index in [1.165, 1.54) is 15.9 Å². The van der Waals surface area contributed by atoms with Crippen molar-refractivity contribution in [3.63, 3.8) is 0 Å². The van der Waals surface area contributed by atoms with Crippen LogP contribution in [0.25, 0.3) is 10.5 Å². The van der Waals surface area contributed by atoms with Gasteiger partial charge in [0.25, 0.3) is 5.56 Å². The van der Waals surface area contributed by atoms with Gasteiger partial charge in [-0.15, -0.1) is 0 Å². The number of aryl methyl sites for hydroxylation is 1. The van der Waals surface area contributed by atoms with E-state index < -0.39 is 0 Å². The predicted molar refractivity (Wildman–Crippen MR) is 72.0 cm³/mol. The first-order valence-electron chi connectivity index (χ1n) is 6.08. The molecule has 0 bridgehead atoms. The fraction of sp³-hybridized carbons (Fsp3) is 0.417. The molecular weight excluding hydrogens is 248 g/mol. The lowest BCUT2D eigenvalue weighted by Gasteiger charge is -2.12. The number of rotatable bonds is 2. The third-order valence-electron chi connectivity index (χ3n) is 2.98. The maximum Gasteiger partial charge on any atom is 0.275 e. The van der Waals surface area contributed by atoms with Crippen LogP contribution in [0.4, 0.5) is 0 Å². The zero-order valence-corrected chi connectivity index (χ0v) is 11.0. The predicted octanol–water partition coefficient (Wildman–Crippen LogP) is 1.09. The van der Waals surface area contributed by atoms with Crippen LogP contribution in [-0.4, -0.2) is 27.7 Å². The smallest absolute Gasteiger partial charge is 0.275 e. The Morgan fingerprint density at radius 1 is 1.56 bits per heavy atom. The molecule has 6 heteroatoms. The van der Waals surface area contributed by atoms with E-state index >= 15 is 0 Å². The van der Waals surface area contributed by atoms with Crippen LogP contribution in [0.2, 0.25) is 0 Å². The molecule has 0 saturated carbocycles. The highest BCUT2D eigenvalue weighted by molar-refractivity contribution is 7.16. The van der Waals surface area contributed by atoms with E-state index in [1.54, 1.807) is 6.07 Å². The van der Waals surface area contributed by atoms with Gasteiger partial charge in [0.2, 0.25) is 4.96 Å². The minimum Gasteiger partial charge on any atom is -0.313 e. The summed E-state index contributed by atoms with van der Waals surface area (Å²) in [5, 5.41) is 8.44. The summed E-state index contributed by atoms with van der Waals surface area (Å²) in [6.07, 6.45) is 3.85. The summed E-state index contributed by atoms with van der Waals surface area (Å²) in [5.74, 6) is 0. The van der Waals surface area contributed by atoms with Gasteiger partial charge >= 0.3 is 0 Å². The van der Waals surface area contributed by atoms with Crippen molar-refractivity contribution in [3.05, 3.63) is 33.2 Å². The van der Waals surface area contributed by atoms with Crippen LogP contribution in [0, 0.1) is 0 Å². The average molecular weight is 262 g/mol. The fourth-order valence-electron chi connectivity index (χ4n) is 2.01. The van der Waals surface area contributed by atoms with Gasteiger partial charge in [-0.05, 0) is 25.0 Å². The summed E-state index contributed by atoms with van der Waals surface area (Å²) in [4.78, 5) is 17.2. The summed E-state index contributed by atoms with van der Waals surface area (Å²) in [5.41, 5.74) is 1.86. The molecule has 2 aromatic heterocycles. The van der Waals surface area contributed by atoms with Crippen LogP contribution in [0.1, 0.15) is 24.0 Å². The molecule has 0 saturated heterocycles. The molecule has 0 aliphatic carbocycles. The minimum absolute atomic E-state index is 0.0922. The molecule has 18 heavy (non-hydrogen) atoms. The number of nitrogens with one attached hydrogen (secondary N) is 1. The second-order valence-corrected chi connectivity index (χ2v) is 5.25. The lowest BCUT2D eigenvalue weighted by molar-refractivity contribution is 0.736. The molecule has 3 heterocycles. The van der Waals surface area contributed by atoms with Crippen LogP contribution < -0.4 is 10.9 Å². The van der Waals surface area contributed by atoms with Crippen molar-refractivity contribution in [2.45, 2.75) is 19.8 Å². The van der Waals surface area contributed by atoms with Crippen LogP contribution >= 0.6 is 11.3 Å². The van der Waals surface area contributed by atoms with Crippen molar-refractivity contribution >= 4 is 21.9 Å².